The summed E-state index contributed by atoms with van der Waals surface area (Å²) in [5, 5.41) is 8.06. The van der Waals surface area contributed by atoms with Gasteiger partial charge in [0.25, 0.3) is 11.6 Å². The minimum absolute atomic E-state index is 0.00561. The fraction of sp³-hybridized carbons (Fsp3) is 0.350. The Hall–Kier alpha value is -2.73. The molecular weight excluding hydrogens is 328 g/mol. The standard InChI is InChI=1S/C20H22N4O2/c1-12-4-6-15(7-5-12)17-10-16(18-14(3)23-26-19(18)22-17)20(25)24-9-8-21-11-13(24)2/h4-7,10,13,21H,8-9,11H2,1-3H3. The quantitative estimate of drug-likeness (QED) is 0.769. The van der Waals surface area contributed by atoms with Crippen LogP contribution in [0.3, 0.4) is 0 Å². The topological polar surface area (TPSA) is 71.3 Å². The molecule has 4 rings (SSSR count). The largest absolute Gasteiger partial charge is 0.335 e. The van der Waals surface area contributed by atoms with Crippen LogP contribution in [0.25, 0.3) is 22.4 Å². The number of carbonyl (C=O) groups is 1. The molecule has 1 aliphatic heterocycles. The van der Waals surface area contributed by atoms with Crippen LogP contribution >= 0.6 is 0 Å². The van der Waals surface area contributed by atoms with Gasteiger partial charge in [0.05, 0.1) is 22.3 Å². The molecule has 1 atom stereocenters. The van der Waals surface area contributed by atoms with Crippen LogP contribution in [0.15, 0.2) is 34.9 Å². The number of piperazine rings is 1. The molecule has 1 fully saturated rings. The van der Waals surface area contributed by atoms with E-state index in [1.165, 1.54) is 5.56 Å². The maximum atomic E-state index is 13.3. The fourth-order valence-electron chi connectivity index (χ4n) is 3.43. The van der Waals surface area contributed by atoms with Crippen molar-refractivity contribution >= 4 is 17.0 Å². The van der Waals surface area contributed by atoms with E-state index >= 15 is 0 Å². The maximum Gasteiger partial charge on any atom is 0.259 e. The van der Waals surface area contributed by atoms with Crippen LogP contribution in [0.1, 0.15) is 28.5 Å². The van der Waals surface area contributed by atoms with Gasteiger partial charge in [-0.15, -0.1) is 0 Å². The number of benzene rings is 1. The molecule has 0 saturated carbocycles. The number of aromatic nitrogens is 2. The van der Waals surface area contributed by atoms with E-state index in [4.69, 9.17) is 4.52 Å². The minimum Gasteiger partial charge on any atom is -0.335 e. The third-order valence-electron chi connectivity index (χ3n) is 4.96. The second kappa shape index (κ2) is 6.53. The lowest BCUT2D eigenvalue weighted by Crippen LogP contribution is -2.52. The molecule has 0 radical (unpaired) electrons. The van der Waals surface area contributed by atoms with Crippen molar-refractivity contribution in [3.8, 4) is 11.3 Å². The lowest BCUT2D eigenvalue weighted by molar-refractivity contribution is 0.0657. The van der Waals surface area contributed by atoms with E-state index in [1.54, 1.807) is 0 Å². The van der Waals surface area contributed by atoms with E-state index in [1.807, 2.05) is 49.1 Å². The normalized spacial score (nSPS) is 17.7. The molecule has 1 saturated heterocycles. The van der Waals surface area contributed by atoms with Gasteiger partial charge in [-0.3, -0.25) is 4.79 Å². The van der Waals surface area contributed by atoms with Gasteiger partial charge in [-0.05, 0) is 26.8 Å². The van der Waals surface area contributed by atoms with Crippen molar-refractivity contribution in [2.24, 2.45) is 0 Å². The zero-order valence-electron chi connectivity index (χ0n) is 15.2. The summed E-state index contributed by atoms with van der Waals surface area (Å²) in [5.41, 5.74) is 4.56. The lowest BCUT2D eigenvalue weighted by Gasteiger charge is -2.34. The molecule has 2 aromatic heterocycles. The number of pyridine rings is 1. The molecule has 1 unspecified atom stereocenters. The maximum absolute atomic E-state index is 13.3. The molecule has 6 nitrogen and oxygen atoms in total. The number of hydrogen-bond donors (Lipinski definition) is 1. The van der Waals surface area contributed by atoms with Crippen molar-refractivity contribution in [1.82, 2.24) is 20.4 Å². The van der Waals surface area contributed by atoms with E-state index in [0.717, 1.165) is 24.3 Å². The Morgan fingerprint density at radius 3 is 2.77 bits per heavy atom. The van der Waals surface area contributed by atoms with E-state index in [9.17, 15) is 4.79 Å². The summed E-state index contributed by atoms with van der Waals surface area (Å²) >= 11 is 0. The van der Waals surface area contributed by atoms with Crippen LogP contribution in [0.4, 0.5) is 0 Å². The molecule has 26 heavy (non-hydrogen) atoms. The van der Waals surface area contributed by atoms with Gasteiger partial charge in [-0.25, -0.2) is 4.98 Å². The van der Waals surface area contributed by atoms with E-state index in [0.29, 0.717) is 28.9 Å². The highest BCUT2D eigenvalue weighted by molar-refractivity contribution is 6.07. The minimum atomic E-state index is 0.00561. The van der Waals surface area contributed by atoms with Gasteiger partial charge in [0.15, 0.2) is 0 Å². The van der Waals surface area contributed by atoms with Crippen LogP contribution < -0.4 is 5.32 Å². The van der Waals surface area contributed by atoms with Crippen LogP contribution in [0.5, 0.6) is 0 Å². The van der Waals surface area contributed by atoms with Crippen molar-refractivity contribution in [2.75, 3.05) is 19.6 Å². The molecule has 1 N–H and O–H groups in total. The third kappa shape index (κ3) is 2.86. The summed E-state index contributed by atoms with van der Waals surface area (Å²) in [7, 11) is 0. The first-order valence-corrected chi connectivity index (χ1v) is 8.90. The van der Waals surface area contributed by atoms with Crippen LogP contribution in [0, 0.1) is 13.8 Å². The first-order valence-electron chi connectivity index (χ1n) is 8.90. The van der Waals surface area contributed by atoms with Crippen LogP contribution in [-0.4, -0.2) is 46.6 Å². The summed E-state index contributed by atoms with van der Waals surface area (Å²) in [6, 6.07) is 10.1. The molecule has 1 aliphatic rings. The highest BCUT2D eigenvalue weighted by Crippen LogP contribution is 2.28. The molecule has 3 aromatic rings. The summed E-state index contributed by atoms with van der Waals surface area (Å²) in [5.74, 6) is 0.00561. The number of nitrogens with one attached hydrogen (secondary N) is 1. The first-order chi connectivity index (χ1) is 12.5. The van der Waals surface area contributed by atoms with Gasteiger partial charge in [-0.1, -0.05) is 35.0 Å². The molecule has 3 heterocycles. The van der Waals surface area contributed by atoms with Gasteiger partial charge in [0.1, 0.15) is 0 Å². The number of fused-ring (bicyclic) bond motifs is 1. The molecule has 134 valence electrons. The average molecular weight is 350 g/mol. The van der Waals surface area contributed by atoms with Crippen LogP contribution in [0.2, 0.25) is 0 Å². The van der Waals surface area contributed by atoms with Gasteiger partial charge in [0.2, 0.25) is 0 Å². The van der Waals surface area contributed by atoms with Crippen molar-refractivity contribution in [2.45, 2.75) is 26.8 Å². The fourth-order valence-corrected chi connectivity index (χ4v) is 3.43. The Kier molecular flexibility index (Phi) is 4.20. The molecule has 0 spiro atoms. The summed E-state index contributed by atoms with van der Waals surface area (Å²) in [6.07, 6.45) is 0. The molecule has 1 aromatic carbocycles. The van der Waals surface area contributed by atoms with E-state index < -0.39 is 0 Å². The Morgan fingerprint density at radius 2 is 2.04 bits per heavy atom. The zero-order chi connectivity index (χ0) is 18.3. The Bertz CT molecular complexity index is 962. The van der Waals surface area contributed by atoms with E-state index in [-0.39, 0.29) is 11.9 Å². The van der Waals surface area contributed by atoms with Crippen molar-refractivity contribution in [3.63, 3.8) is 0 Å². The van der Waals surface area contributed by atoms with Gasteiger partial charge >= 0.3 is 0 Å². The van der Waals surface area contributed by atoms with Crippen molar-refractivity contribution in [3.05, 3.63) is 47.2 Å². The molecule has 0 bridgehead atoms. The first kappa shape index (κ1) is 16.7. The summed E-state index contributed by atoms with van der Waals surface area (Å²) < 4.78 is 5.40. The zero-order valence-corrected chi connectivity index (χ0v) is 15.2. The van der Waals surface area contributed by atoms with Gasteiger partial charge < -0.3 is 14.7 Å². The van der Waals surface area contributed by atoms with Gasteiger partial charge in [-0.2, -0.15) is 0 Å². The number of nitrogens with zero attached hydrogens (tertiary/aromatic N) is 3. The molecule has 1 amide bonds. The molecule has 6 heteroatoms. The summed E-state index contributed by atoms with van der Waals surface area (Å²) in [6.45, 7) is 8.24. The summed E-state index contributed by atoms with van der Waals surface area (Å²) in [4.78, 5) is 19.8. The van der Waals surface area contributed by atoms with Gasteiger partial charge in [0, 0.05) is 31.2 Å². The lowest BCUT2D eigenvalue weighted by atomic mass is 10.0. The second-order valence-corrected chi connectivity index (χ2v) is 6.92. The third-order valence-corrected chi connectivity index (χ3v) is 4.96. The number of rotatable bonds is 2. The number of hydrogen-bond acceptors (Lipinski definition) is 5. The van der Waals surface area contributed by atoms with E-state index in [2.05, 4.69) is 22.4 Å². The molecular formula is C20H22N4O2. The predicted molar refractivity (Wildman–Crippen MR) is 100 cm³/mol. The average Bonchev–Trinajstić information content (AvgIpc) is 3.02. The predicted octanol–water partition coefficient (Wildman–Crippen LogP) is 2.94. The molecule has 0 aliphatic carbocycles. The Balaban J connectivity index is 1.85. The van der Waals surface area contributed by atoms with Crippen molar-refractivity contribution in [1.29, 1.82) is 0 Å². The number of carbonyl (C=O) groups excluding carboxylic acids is 1. The monoisotopic (exact) mass is 350 g/mol. The number of aryl methyl sites for hydroxylation is 2. The Labute approximate surface area is 152 Å². The highest BCUT2D eigenvalue weighted by Gasteiger charge is 2.28. The van der Waals surface area contributed by atoms with Crippen molar-refractivity contribution < 1.29 is 9.32 Å². The Morgan fingerprint density at radius 1 is 1.27 bits per heavy atom. The number of amides is 1. The van der Waals surface area contributed by atoms with Crippen LogP contribution in [-0.2, 0) is 0 Å². The second-order valence-electron chi connectivity index (χ2n) is 6.92. The highest BCUT2D eigenvalue weighted by atomic mass is 16.5. The smallest absolute Gasteiger partial charge is 0.259 e. The SMILES string of the molecule is Cc1ccc(-c2cc(C(=O)N3CCNCC3C)c3c(C)noc3n2)cc1.